The number of rotatable bonds is 5. The van der Waals surface area contributed by atoms with E-state index in [0.29, 0.717) is 35.8 Å². The van der Waals surface area contributed by atoms with Gasteiger partial charge in [0.2, 0.25) is 0 Å². The van der Waals surface area contributed by atoms with E-state index < -0.39 is 11.8 Å². The second-order valence-electron chi connectivity index (χ2n) is 13.3. The van der Waals surface area contributed by atoms with Crippen molar-refractivity contribution in [1.82, 2.24) is 4.90 Å². The molecule has 9 nitrogen and oxygen atoms in total. The average molecular weight is 683 g/mol. The Labute approximate surface area is 281 Å². The molecule has 246 valence electrons. The number of carbonyl (C=O) groups excluding carboxylic acids is 1. The van der Waals surface area contributed by atoms with Crippen molar-refractivity contribution in [1.29, 1.82) is 0 Å². The Hall–Kier alpha value is -3.57. The predicted octanol–water partition coefficient (Wildman–Crippen LogP) is 6.47. The molecule has 0 aliphatic carbocycles. The fraction of sp³-hybridized carbons (Fsp3) is 0.429. The summed E-state index contributed by atoms with van der Waals surface area (Å²) in [7, 11) is 0. The van der Waals surface area contributed by atoms with Crippen LogP contribution in [0.1, 0.15) is 52.0 Å². The molecule has 4 fully saturated rings. The number of carboxylic acid groups (broad SMARTS) is 1. The van der Waals surface area contributed by atoms with Gasteiger partial charge in [-0.3, -0.25) is 4.79 Å². The summed E-state index contributed by atoms with van der Waals surface area (Å²) in [6.07, 6.45) is 3.84. The van der Waals surface area contributed by atoms with Gasteiger partial charge in [-0.1, -0.05) is 41.4 Å². The zero-order valence-electron chi connectivity index (χ0n) is 25.6. The molecule has 47 heavy (non-hydrogen) atoms. The van der Waals surface area contributed by atoms with E-state index in [0.717, 1.165) is 63.7 Å². The highest BCUT2D eigenvalue weighted by atomic mass is 35.5. The fourth-order valence-corrected chi connectivity index (χ4v) is 8.60. The van der Waals surface area contributed by atoms with Crippen molar-refractivity contribution in [3.8, 4) is 16.9 Å². The number of ether oxygens (including phenoxy) is 3. The lowest BCUT2D eigenvalue weighted by Gasteiger charge is -2.53. The molecule has 4 saturated heterocycles. The highest BCUT2D eigenvalue weighted by Crippen LogP contribution is 2.45. The third-order valence-electron chi connectivity index (χ3n) is 10.4. The molecule has 8 rings (SSSR count). The summed E-state index contributed by atoms with van der Waals surface area (Å²) in [5, 5.41) is 10.5. The summed E-state index contributed by atoms with van der Waals surface area (Å²) in [5.74, 6) is -1.77. The summed E-state index contributed by atoms with van der Waals surface area (Å²) >= 11 is 13.4. The molecule has 3 aromatic carbocycles. The summed E-state index contributed by atoms with van der Waals surface area (Å²) < 4.78 is 33.1. The fourth-order valence-electron chi connectivity index (χ4n) is 7.96. The van der Waals surface area contributed by atoms with Gasteiger partial charge in [-0.2, -0.15) is 0 Å². The Morgan fingerprint density at radius 1 is 0.936 bits per heavy atom. The lowest BCUT2D eigenvalue weighted by molar-refractivity contribution is -0.000201. The molecule has 1 amide bonds. The second-order valence-corrected chi connectivity index (χ2v) is 14.1. The van der Waals surface area contributed by atoms with Crippen molar-refractivity contribution in [2.24, 2.45) is 5.41 Å². The van der Waals surface area contributed by atoms with Crippen LogP contribution < -0.4 is 14.5 Å². The first kappa shape index (κ1) is 30.7. The number of halogens is 3. The van der Waals surface area contributed by atoms with Gasteiger partial charge in [0.1, 0.15) is 11.6 Å². The molecule has 2 unspecified atom stereocenters. The maximum Gasteiger partial charge on any atom is 0.337 e. The highest BCUT2D eigenvalue weighted by molar-refractivity contribution is 6.40. The van der Waals surface area contributed by atoms with E-state index >= 15 is 4.39 Å². The van der Waals surface area contributed by atoms with Crippen molar-refractivity contribution >= 4 is 46.5 Å². The monoisotopic (exact) mass is 681 g/mol. The lowest BCUT2D eigenvalue weighted by Crippen LogP contribution is -2.58. The van der Waals surface area contributed by atoms with Crippen molar-refractivity contribution < 1.29 is 33.3 Å². The minimum atomic E-state index is -1.18. The molecule has 2 bridgehead atoms. The van der Waals surface area contributed by atoms with Gasteiger partial charge >= 0.3 is 5.97 Å². The first-order valence-corrected chi connectivity index (χ1v) is 16.8. The smallest absolute Gasteiger partial charge is 0.337 e. The molecule has 5 heterocycles. The first-order chi connectivity index (χ1) is 22.7. The lowest BCUT2D eigenvalue weighted by atomic mass is 9.73. The van der Waals surface area contributed by atoms with Crippen LogP contribution in [0.15, 0.2) is 42.5 Å². The zero-order chi connectivity index (χ0) is 32.4. The summed E-state index contributed by atoms with van der Waals surface area (Å²) in [6, 6.07) is 11.7. The topological polar surface area (TPSA) is 91.8 Å². The number of para-hydroxylation sites is 1. The van der Waals surface area contributed by atoms with E-state index in [-0.39, 0.29) is 63.4 Å². The predicted molar refractivity (Wildman–Crippen MR) is 175 cm³/mol. The van der Waals surface area contributed by atoms with Gasteiger partial charge in [-0.25, -0.2) is 9.18 Å². The standard InChI is InChI=1S/C35H34Cl2FN3O6/c36-27-10-23(40-17-35(18-40)6-8-45-9-7-35)11-28(37)31(27)33(42)39-14-20-2-1-3-24(32(20)47-19-39)25-13-30(26(34(43)44)12-29(25)38)41-21-4-5-22(41)16-46-15-21/h1-3,10-13,21-22H,4-9,14-19H2,(H,43,44). The molecule has 3 aromatic rings. The van der Waals surface area contributed by atoms with Gasteiger partial charge in [0, 0.05) is 54.1 Å². The number of hydrogen-bond donors (Lipinski definition) is 1. The van der Waals surface area contributed by atoms with Crippen LogP contribution >= 0.6 is 23.2 Å². The number of nitrogens with zero attached hydrogens (tertiary/aromatic N) is 3. The van der Waals surface area contributed by atoms with E-state index in [1.54, 1.807) is 30.3 Å². The molecule has 0 saturated carbocycles. The van der Waals surface area contributed by atoms with Crippen LogP contribution in [0, 0.1) is 11.2 Å². The maximum atomic E-state index is 15.7. The molecule has 1 spiro atoms. The number of fused-ring (bicyclic) bond motifs is 3. The number of carbonyl (C=O) groups is 2. The molecular formula is C35H34Cl2FN3O6. The van der Waals surface area contributed by atoms with Crippen molar-refractivity contribution in [3.05, 3.63) is 75.0 Å². The molecule has 5 aliphatic heterocycles. The molecule has 0 aromatic heterocycles. The number of hydrogen-bond acceptors (Lipinski definition) is 7. The van der Waals surface area contributed by atoms with Gasteiger partial charge in [0.15, 0.2) is 6.73 Å². The van der Waals surface area contributed by atoms with Gasteiger partial charge in [0.05, 0.1) is 58.7 Å². The SMILES string of the molecule is O=C(O)c1cc(F)c(-c2cccc3c2OCN(C(=O)c2c(Cl)cc(N4CC5(CCOCC5)C4)cc2Cl)C3)cc1N1C2CCC1COC2. The molecule has 0 radical (unpaired) electrons. The molecule has 12 heteroatoms. The van der Waals surface area contributed by atoms with Gasteiger partial charge in [-0.05, 0) is 49.9 Å². The Balaban J connectivity index is 1.05. The van der Waals surface area contributed by atoms with Crippen LogP contribution in [0.5, 0.6) is 5.75 Å². The van der Waals surface area contributed by atoms with Crippen LogP contribution in [0.25, 0.3) is 11.1 Å². The van der Waals surface area contributed by atoms with Gasteiger partial charge < -0.3 is 34.0 Å². The minimum absolute atomic E-state index is 0.0351. The summed E-state index contributed by atoms with van der Waals surface area (Å²) in [5.41, 5.74) is 3.18. The normalized spacial score (nSPS) is 22.9. The van der Waals surface area contributed by atoms with Crippen LogP contribution in [0.2, 0.25) is 10.0 Å². The van der Waals surface area contributed by atoms with E-state index in [1.165, 1.54) is 4.90 Å². The van der Waals surface area contributed by atoms with Gasteiger partial charge in [-0.15, -0.1) is 0 Å². The molecule has 1 N–H and O–H groups in total. The van der Waals surface area contributed by atoms with E-state index in [1.807, 2.05) is 6.07 Å². The molecule has 5 aliphatic rings. The van der Waals surface area contributed by atoms with Crippen molar-refractivity contribution in [3.63, 3.8) is 0 Å². The molecular weight excluding hydrogens is 648 g/mol. The van der Waals surface area contributed by atoms with Crippen LogP contribution in [0.4, 0.5) is 15.8 Å². The van der Waals surface area contributed by atoms with Crippen molar-refractivity contribution in [2.45, 2.75) is 44.3 Å². The Bertz CT molecular complexity index is 1740. The number of morpholine rings is 1. The van der Waals surface area contributed by atoms with E-state index in [9.17, 15) is 14.7 Å². The minimum Gasteiger partial charge on any atom is -0.478 e. The van der Waals surface area contributed by atoms with E-state index in [2.05, 4.69) is 9.80 Å². The maximum absolute atomic E-state index is 15.7. The Kier molecular flexibility index (Phi) is 7.74. The van der Waals surface area contributed by atoms with Gasteiger partial charge in [0.25, 0.3) is 5.91 Å². The van der Waals surface area contributed by atoms with Crippen LogP contribution in [-0.4, -0.2) is 80.2 Å². The largest absolute Gasteiger partial charge is 0.478 e. The van der Waals surface area contributed by atoms with Crippen LogP contribution in [0.3, 0.4) is 0 Å². The number of amides is 1. The van der Waals surface area contributed by atoms with Crippen molar-refractivity contribution in [2.75, 3.05) is 56.0 Å². The molecule has 2 atom stereocenters. The summed E-state index contributed by atoms with van der Waals surface area (Å²) in [6.45, 7) is 4.49. The zero-order valence-corrected chi connectivity index (χ0v) is 27.2. The first-order valence-electron chi connectivity index (χ1n) is 16.0. The third kappa shape index (κ3) is 5.30. The highest BCUT2D eigenvalue weighted by Gasteiger charge is 2.44. The number of aromatic carboxylic acids is 1. The summed E-state index contributed by atoms with van der Waals surface area (Å²) in [4.78, 5) is 31.8. The average Bonchev–Trinajstić information content (AvgIpc) is 3.29. The Morgan fingerprint density at radius 3 is 2.32 bits per heavy atom. The quantitative estimate of drug-likeness (QED) is 0.328. The number of carboxylic acids is 1. The second kappa shape index (κ2) is 11.8. The number of anilines is 2. The van der Waals surface area contributed by atoms with E-state index in [4.69, 9.17) is 37.4 Å². The van der Waals surface area contributed by atoms with Crippen LogP contribution in [-0.2, 0) is 16.0 Å². The number of benzene rings is 3. The Morgan fingerprint density at radius 2 is 1.64 bits per heavy atom. The third-order valence-corrected chi connectivity index (χ3v) is 11.0.